The Bertz CT molecular complexity index is 302. The molecule has 0 amide bonds. The maximum Gasteiger partial charge on any atom is 0.133 e. The molecule has 0 heterocycles. The molecule has 3 N–H and O–H groups in total. The number of hydrogen-bond donors (Lipinski definition) is 2. The molecule has 0 spiro atoms. The Kier molecular flexibility index (Phi) is 4.38. The van der Waals surface area contributed by atoms with E-state index in [4.69, 9.17) is 15.6 Å². The average molecular weight is 260 g/mol. The summed E-state index contributed by atoms with van der Waals surface area (Å²) in [5.74, 6) is 0.725. The fraction of sp³-hybridized carbons (Fsp3) is 0.400. The Morgan fingerprint density at radius 3 is 2.79 bits per heavy atom. The minimum atomic E-state index is -0.462. The van der Waals surface area contributed by atoms with Gasteiger partial charge in [-0.25, -0.2) is 0 Å². The van der Waals surface area contributed by atoms with Gasteiger partial charge in [0.1, 0.15) is 12.4 Å². The van der Waals surface area contributed by atoms with Crippen molar-refractivity contribution >= 4 is 15.9 Å². The van der Waals surface area contributed by atoms with Gasteiger partial charge in [0.05, 0.1) is 10.6 Å². The summed E-state index contributed by atoms with van der Waals surface area (Å²) in [6.07, 6.45) is -0.462. The molecule has 78 valence electrons. The van der Waals surface area contributed by atoms with Crippen LogP contribution in [-0.4, -0.2) is 17.8 Å². The minimum Gasteiger partial charge on any atom is -0.490 e. The molecule has 4 heteroatoms. The lowest BCUT2D eigenvalue weighted by Crippen LogP contribution is -2.13. The van der Waals surface area contributed by atoms with Crippen molar-refractivity contribution in [1.82, 2.24) is 0 Å². The van der Waals surface area contributed by atoms with Crippen molar-refractivity contribution in [3.63, 3.8) is 0 Å². The fourth-order valence-electron chi connectivity index (χ4n) is 0.999. The van der Waals surface area contributed by atoms with E-state index in [9.17, 15) is 0 Å². The lowest BCUT2D eigenvalue weighted by Gasteiger charge is -2.10. The summed E-state index contributed by atoms with van der Waals surface area (Å²) < 4.78 is 6.22. The molecule has 0 radical (unpaired) electrons. The van der Waals surface area contributed by atoms with Gasteiger partial charge in [-0.1, -0.05) is 6.07 Å². The van der Waals surface area contributed by atoms with E-state index in [-0.39, 0.29) is 0 Å². The molecule has 1 aromatic rings. The van der Waals surface area contributed by atoms with E-state index in [1.54, 1.807) is 6.92 Å². The highest BCUT2D eigenvalue weighted by Gasteiger charge is 2.03. The quantitative estimate of drug-likeness (QED) is 0.865. The van der Waals surface area contributed by atoms with Gasteiger partial charge in [0.25, 0.3) is 0 Å². The lowest BCUT2D eigenvalue weighted by molar-refractivity contribution is 0.122. The fourth-order valence-corrected chi connectivity index (χ4v) is 1.54. The van der Waals surface area contributed by atoms with Crippen LogP contribution < -0.4 is 10.5 Å². The molecule has 3 nitrogen and oxygen atoms in total. The van der Waals surface area contributed by atoms with Gasteiger partial charge in [0.2, 0.25) is 0 Å². The maximum atomic E-state index is 9.05. The Labute approximate surface area is 92.0 Å². The number of rotatable bonds is 4. The van der Waals surface area contributed by atoms with Crippen molar-refractivity contribution in [3.8, 4) is 5.75 Å². The molecule has 0 aliphatic carbocycles. The first kappa shape index (κ1) is 11.5. The van der Waals surface area contributed by atoms with Crippen molar-refractivity contribution in [3.05, 3.63) is 28.2 Å². The lowest BCUT2D eigenvalue weighted by atomic mass is 10.2. The first-order chi connectivity index (χ1) is 6.63. The first-order valence-electron chi connectivity index (χ1n) is 4.43. The Balaban J connectivity index is 2.69. The third-order valence-electron chi connectivity index (χ3n) is 1.71. The average Bonchev–Trinajstić information content (AvgIpc) is 2.15. The number of aliphatic hydroxyl groups is 1. The number of nitrogens with two attached hydrogens (primary N) is 1. The summed E-state index contributed by atoms with van der Waals surface area (Å²) in [4.78, 5) is 0. The smallest absolute Gasteiger partial charge is 0.133 e. The second-order valence-electron chi connectivity index (χ2n) is 3.13. The highest BCUT2D eigenvalue weighted by Crippen LogP contribution is 2.25. The minimum absolute atomic E-state index is 0.292. The Hall–Kier alpha value is -0.580. The molecule has 1 rings (SSSR count). The van der Waals surface area contributed by atoms with E-state index in [1.807, 2.05) is 18.2 Å². The third-order valence-corrected chi connectivity index (χ3v) is 2.33. The SMILES string of the molecule is CC(O)COc1ccc(CN)cc1Br. The van der Waals surface area contributed by atoms with Crippen LogP contribution in [0.3, 0.4) is 0 Å². The maximum absolute atomic E-state index is 9.05. The summed E-state index contributed by atoms with van der Waals surface area (Å²) in [6, 6.07) is 5.66. The molecule has 0 saturated carbocycles. The van der Waals surface area contributed by atoms with Crippen molar-refractivity contribution in [2.24, 2.45) is 5.73 Å². The predicted molar refractivity (Wildman–Crippen MR) is 59.2 cm³/mol. The van der Waals surface area contributed by atoms with Gasteiger partial charge in [-0.15, -0.1) is 0 Å². The van der Waals surface area contributed by atoms with E-state index >= 15 is 0 Å². The number of hydrogen-bond acceptors (Lipinski definition) is 3. The highest BCUT2D eigenvalue weighted by atomic mass is 79.9. The van der Waals surface area contributed by atoms with Crippen LogP contribution in [0.15, 0.2) is 22.7 Å². The molecule has 0 aliphatic heterocycles. The van der Waals surface area contributed by atoms with Gasteiger partial charge in [-0.2, -0.15) is 0 Å². The molecule has 1 atom stereocenters. The van der Waals surface area contributed by atoms with E-state index in [0.717, 1.165) is 15.8 Å². The number of aliphatic hydroxyl groups excluding tert-OH is 1. The van der Waals surface area contributed by atoms with E-state index < -0.39 is 6.10 Å². The highest BCUT2D eigenvalue weighted by molar-refractivity contribution is 9.10. The second-order valence-corrected chi connectivity index (χ2v) is 3.98. The monoisotopic (exact) mass is 259 g/mol. The molecular weight excluding hydrogens is 246 g/mol. The zero-order chi connectivity index (χ0) is 10.6. The van der Waals surface area contributed by atoms with Crippen LogP contribution in [0.4, 0.5) is 0 Å². The number of ether oxygens (including phenoxy) is 1. The van der Waals surface area contributed by atoms with Gasteiger partial charge in [-0.3, -0.25) is 0 Å². The number of benzene rings is 1. The van der Waals surface area contributed by atoms with Crippen LogP contribution in [-0.2, 0) is 6.54 Å². The molecule has 0 aliphatic rings. The summed E-state index contributed by atoms with van der Waals surface area (Å²) in [5.41, 5.74) is 6.53. The van der Waals surface area contributed by atoms with Crippen LogP contribution in [0.25, 0.3) is 0 Å². The zero-order valence-electron chi connectivity index (χ0n) is 8.03. The summed E-state index contributed by atoms with van der Waals surface area (Å²) in [5, 5.41) is 9.05. The van der Waals surface area contributed by atoms with E-state index in [2.05, 4.69) is 15.9 Å². The second kappa shape index (κ2) is 5.34. The molecular formula is C10H14BrNO2. The van der Waals surface area contributed by atoms with Gasteiger partial charge in [-0.05, 0) is 40.5 Å². The van der Waals surface area contributed by atoms with Crippen molar-refractivity contribution < 1.29 is 9.84 Å². The Morgan fingerprint density at radius 2 is 2.29 bits per heavy atom. The van der Waals surface area contributed by atoms with E-state index in [1.165, 1.54) is 0 Å². The normalized spacial score (nSPS) is 12.6. The van der Waals surface area contributed by atoms with Crippen molar-refractivity contribution in [1.29, 1.82) is 0 Å². The third kappa shape index (κ3) is 3.29. The van der Waals surface area contributed by atoms with E-state index in [0.29, 0.717) is 13.2 Å². The zero-order valence-corrected chi connectivity index (χ0v) is 9.62. The molecule has 0 aromatic heterocycles. The topological polar surface area (TPSA) is 55.5 Å². The molecule has 1 unspecified atom stereocenters. The Morgan fingerprint density at radius 1 is 1.57 bits per heavy atom. The van der Waals surface area contributed by atoms with Crippen LogP contribution >= 0.6 is 15.9 Å². The van der Waals surface area contributed by atoms with Gasteiger partial charge >= 0.3 is 0 Å². The van der Waals surface area contributed by atoms with Gasteiger partial charge < -0.3 is 15.6 Å². The predicted octanol–water partition coefficient (Wildman–Crippen LogP) is 1.67. The molecule has 1 aromatic carbocycles. The standard InChI is InChI=1S/C10H14BrNO2/c1-7(13)6-14-10-3-2-8(5-12)4-9(10)11/h2-4,7,13H,5-6,12H2,1H3. The van der Waals surface area contributed by atoms with Crippen LogP contribution in [0, 0.1) is 0 Å². The molecule has 0 saturated heterocycles. The van der Waals surface area contributed by atoms with Gasteiger partial charge in [0, 0.05) is 6.54 Å². The largest absolute Gasteiger partial charge is 0.490 e. The summed E-state index contributed by atoms with van der Waals surface area (Å²) >= 11 is 3.38. The molecule has 0 fully saturated rings. The first-order valence-corrected chi connectivity index (χ1v) is 5.22. The number of halogens is 1. The van der Waals surface area contributed by atoms with Gasteiger partial charge in [0.15, 0.2) is 0 Å². The van der Waals surface area contributed by atoms with Crippen LogP contribution in [0.2, 0.25) is 0 Å². The summed E-state index contributed by atoms with van der Waals surface area (Å²) in [7, 11) is 0. The van der Waals surface area contributed by atoms with Crippen LogP contribution in [0.1, 0.15) is 12.5 Å². The molecule has 14 heavy (non-hydrogen) atoms. The van der Waals surface area contributed by atoms with Crippen molar-refractivity contribution in [2.45, 2.75) is 19.6 Å². The summed E-state index contributed by atoms with van der Waals surface area (Å²) in [6.45, 7) is 2.48. The van der Waals surface area contributed by atoms with Crippen molar-refractivity contribution in [2.75, 3.05) is 6.61 Å². The molecule has 0 bridgehead atoms. The van der Waals surface area contributed by atoms with Crippen LogP contribution in [0.5, 0.6) is 5.75 Å².